The van der Waals surface area contributed by atoms with Crippen LogP contribution < -0.4 is 5.32 Å². The van der Waals surface area contributed by atoms with Gasteiger partial charge in [0.05, 0.1) is 5.60 Å². The molecule has 3 rings (SSSR count). The van der Waals surface area contributed by atoms with Crippen molar-refractivity contribution in [2.45, 2.75) is 50.2 Å². The molecule has 1 aromatic rings. The fraction of sp³-hybridized carbons (Fsp3) is 0.647. The van der Waals surface area contributed by atoms with Crippen LogP contribution in [0.15, 0.2) is 28.7 Å². The molecular formula is C17H24BrNO. The van der Waals surface area contributed by atoms with E-state index in [1.165, 1.54) is 42.1 Å². The molecule has 1 spiro atoms. The highest BCUT2D eigenvalue weighted by Crippen LogP contribution is 2.45. The monoisotopic (exact) mass is 337 g/mol. The number of benzene rings is 1. The first-order valence-corrected chi connectivity index (χ1v) is 8.59. The molecule has 0 aromatic heterocycles. The average Bonchev–Trinajstić information content (AvgIpc) is 2.90. The van der Waals surface area contributed by atoms with Gasteiger partial charge in [0.15, 0.2) is 0 Å². The molecule has 110 valence electrons. The first-order chi connectivity index (χ1) is 9.74. The molecule has 0 bridgehead atoms. The topological polar surface area (TPSA) is 21.3 Å². The van der Waals surface area contributed by atoms with Gasteiger partial charge < -0.3 is 10.1 Å². The van der Waals surface area contributed by atoms with Crippen molar-refractivity contribution in [2.24, 2.45) is 5.92 Å². The zero-order valence-electron chi connectivity index (χ0n) is 12.2. The molecule has 1 saturated heterocycles. The average molecular weight is 338 g/mol. The molecule has 20 heavy (non-hydrogen) atoms. The summed E-state index contributed by atoms with van der Waals surface area (Å²) < 4.78 is 7.39. The fourth-order valence-corrected chi connectivity index (χ4v) is 4.62. The van der Waals surface area contributed by atoms with Crippen LogP contribution in [0.4, 0.5) is 0 Å². The third kappa shape index (κ3) is 2.81. The molecule has 1 aliphatic carbocycles. The standard InChI is InChI=1S/C17H24BrNO/c1-19-16(14-6-2-3-7-15(14)18)13-8-11-20-17(12-13)9-4-5-10-17/h2-3,6-7,13,16,19H,4-5,8-12H2,1H3. The SMILES string of the molecule is CNC(c1ccccc1Br)C1CCOC2(CCCC2)C1. The predicted octanol–water partition coefficient (Wildman–Crippen LogP) is 4.45. The molecule has 2 unspecified atom stereocenters. The lowest BCUT2D eigenvalue weighted by molar-refractivity contribution is -0.0979. The van der Waals surface area contributed by atoms with Gasteiger partial charge in [-0.1, -0.05) is 47.0 Å². The summed E-state index contributed by atoms with van der Waals surface area (Å²) in [7, 11) is 2.08. The van der Waals surface area contributed by atoms with Crippen LogP contribution in [-0.4, -0.2) is 19.3 Å². The van der Waals surface area contributed by atoms with Crippen molar-refractivity contribution in [3.8, 4) is 0 Å². The fourth-order valence-electron chi connectivity index (χ4n) is 4.09. The highest BCUT2D eigenvalue weighted by molar-refractivity contribution is 9.10. The van der Waals surface area contributed by atoms with Crippen LogP contribution in [0.5, 0.6) is 0 Å². The molecule has 2 atom stereocenters. The van der Waals surface area contributed by atoms with E-state index in [0.717, 1.165) is 13.0 Å². The molecule has 2 aliphatic rings. The number of rotatable bonds is 3. The largest absolute Gasteiger partial charge is 0.375 e. The summed E-state index contributed by atoms with van der Waals surface area (Å²) in [5.74, 6) is 0.672. The van der Waals surface area contributed by atoms with Crippen molar-refractivity contribution in [3.63, 3.8) is 0 Å². The van der Waals surface area contributed by atoms with Crippen molar-refractivity contribution in [3.05, 3.63) is 34.3 Å². The maximum absolute atomic E-state index is 6.18. The van der Waals surface area contributed by atoms with Crippen LogP contribution in [-0.2, 0) is 4.74 Å². The van der Waals surface area contributed by atoms with Crippen LogP contribution in [0, 0.1) is 5.92 Å². The molecule has 1 N–H and O–H groups in total. The summed E-state index contributed by atoms with van der Waals surface area (Å²) in [6.45, 7) is 0.924. The lowest BCUT2D eigenvalue weighted by Crippen LogP contribution is -2.41. The zero-order chi connectivity index (χ0) is 14.0. The Bertz CT molecular complexity index is 456. The first kappa shape index (κ1) is 14.6. The van der Waals surface area contributed by atoms with Gasteiger partial charge in [-0.3, -0.25) is 0 Å². The molecule has 1 heterocycles. The molecule has 0 radical (unpaired) electrons. The molecule has 2 fully saturated rings. The van der Waals surface area contributed by atoms with E-state index in [9.17, 15) is 0 Å². The van der Waals surface area contributed by atoms with E-state index >= 15 is 0 Å². The van der Waals surface area contributed by atoms with E-state index in [1.54, 1.807) is 0 Å². The highest BCUT2D eigenvalue weighted by Gasteiger charge is 2.42. The third-order valence-corrected chi connectivity index (χ3v) is 5.79. The molecule has 3 heteroatoms. The van der Waals surface area contributed by atoms with E-state index in [1.807, 2.05) is 0 Å². The van der Waals surface area contributed by atoms with Gasteiger partial charge in [-0.25, -0.2) is 0 Å². The minimum Gasteiger partial charge on any atom is -0.375 e. The molecule has 1 saturated carbocycles. The molecule has 2 nitrogen and oxygen atoms in total. The Morgan fingerprint density at radius 3 is 2.75 bits per heavy atom. The Hall–Kier alpha value is -0.380. The normalized spacial score (nSPS) is 26.8. The third-order valence-electron chi connectivity index (χ3n) is 5.07. The summed E-state index contributed by atoms with van der Waals surface area (Å²) in [4.78, 5) is 0. The van der Waals surface area contributed by atoms with E-state index in [2.05, 4.69) is 52.6 Å². The zero-order valence-corrected chi connectivity index (χ0v) is 13.8. The van der Waals surface area contributed by atoms with Crippen molar-refractivity contribution >= 4 is 15.9 Å². The lowest BCUT2D eigenvalue weighted by Gasteiger charge is -2.41. The Labute approximate surface area is 130 Å². The summed E-state index contributed by atoms with van der Waals surface area (Å²) in [6.07, 6.45) is 7.57. The van der Waals surface area contributed by atoms with Crippen LogP contribution in [0.3, 0.4) is 0 Å². The number of halogens is 1. The van der Waals surface area contributed by atoms with Gasteiger partial charge >= 0.3 is 0 Å². The summed E-state index contributed by atoms with van der Waals surface area (Å²) >= 11 is 3.71. The number of hydrogen-bond donors (Lipinski definition) is 1. The van der Waals surface area contributed by atoms with Gasteiger partial charge in [-0.05, 0) is 50.3 Å². The van der Waals surface area contributed by atoms with Gasteiger partial charge in [-0.15, -0.1) is 0 Å². The van der Waals surface area contributed by atoms with Gasteiger partial charge in [0, 0.05) is 17.1 Å². The smallest absolute Gasteiger partial charge is 0.0686 e. The number of ether oxygens (including phenoxy) is 1. The van der Waals surface area contributed by atoms with Crippen molar-refractivity contribution in [1.29, 1.82) is 0 Å². The second-order valence-corrected chi connectivity index (χ2v) is 7.13. The number of hydrogen-bond acceptors (Lipinski definition) is 2. The van der Waals surface area contributed by atoms with Crippen LogP contribution in [0.25, 0.3) is 0 Å². The second kappa shape index (κ2) is 6.17. The maximum Gasteiger partial charge on any atom is 0.0686 e. The van der Waals surface area contributed by atoms with Crippen LogP contribution >= 0.6 is 15.9 Å². The van der Waals surface area contributed by atoms with Crippen LogP contribution in [0.1, 0.15) is 50.1 Å². The first-order valence-electron chi connectivity index (χ1n) is 7.80. The van der Waals surface area contributed by atoms with E-state index in [-0.39, 0.29) is 5.60 Å². The van der Waals surface area contributed by atoms with Crippen molar-refractivity contribution < 1.29 is 4.74 Å². The van der Waals surface area contributed by atoms with E-state index in [0.29, 0.717) is 12.0 Å². The second-order valence-electron chi connectivity index (χ2n) is 6.28. The van der Waals surface area contributed by atoms with Gasteiger partial charge in [0.25, 0.3) is 0 Å². The van der Waals surface area contributed by atoms with Gasteiger partial charge in [0.1, 0.15) is 0 Å². The Kier molecular flexibility index (Phi) is 4.49. The van der Waals surface area contributed by atoms with Gasteiger partial charge in [-0.2, -0.15) is 0 Å². The lowest BCUT2D eigenvalue weighted by atomic mass is 9.78. The van der Waals surface area contributed by atoms with Crippen molar-refractivity contribution in [2.75, 3.05) is 13.7 Å². The molecule has 0 amide bonds. The maximum atomic E-state index is 6.18. The van der Waals surface area contributed by atoms with Gasteiger partial charge in [0.2, 0.25) is 0 Å². The molecule has 1 aromatic carbocycles. The Balaban J connectivity index is 1.81. The van der Waals surface area contributed by atoms with E-state index < -0.39 is 0 Å². The summed E-state index contributed by atoms with van der Waals surface area (Å²) in [5.41, 5.74) is 1.58. The summed E-state index contributed by atoms with van der Waals surface area (Å²) in [6, 6.07) is 9.02. The minimum absolute atomic E-state index is 0.194. The summed E-state index contributed by atoms with van der Waals surface area (Å²) in [5, 5.41) is 3.55. The number of nitrogens with one attached hydrogen (secondary N) is 1. The van der Waals surface area contributed by atoms with Crippen molar-refractivity contribution in [1.82, 2.24) is 5.32 Å². The Morgan fingerprint density at radius 2 is 2.05 bits per heavy atom. The molecular weight excluding hydrogens is 314 g/mol. The van der Waals surface area contributed by atoms with Crippen LogP contribution in [0.2, 0.25) is 0 Å². The highest BCUT2D eigenvalue weighted by atomic mass is 79.9. The predicted molar refractivity (Wildman–Crippen MR) is 85.8 cm³/mol. The van der Waals surface area contributed by atoms with E-state index in [4.69, 9.17) is 4.74 Å². The minimum atomic E-state index is 0.194. The quantitative estimate of drug-likeness (QED) is 0.879. The Morgan fingerprint density at radius 1 is 1.30 bits per heavy atom. The molecule has 1 aliphatic heterocycles.